The van der Waals surface area contributed by atoms with Crippen LogP contribution < -0.4 is 0 Å². The van der Waals surface area contributed by atoms with Crippen LogP contribution in [0.4, 0.5) is 0 Å². The van der Waals surface area contributed by atoms with E-state index >= 15 is 0 Å². The molecule has 0 aliphatic rings. The zero-order valence-electron chi connectivity index (χ0n) is 20.9. The van der Waals surface area contributed by atoms with E-state index in [1.54, 1.807) is 0 Å². The maximum Gasteiger partial charge on any atom is 2.00 e. The smallest absolute Gasteiger partial charge is 0.466 e. The Labute approximate surface area is 206 Å². The number of carbonyl (C=O) groups excluding carboxylic acids is 2. The van der Waals surface area contributed by atoms with E-state index in [0.29, 0.717) is 26.1 Å². The van der Waals surface area contributed by atoms with Gasteiger partial charge in [-0.3, -0.25) is 9.59 Å². The van der Waals surface area contributed by atoms with E-state index in [2.05, 4.69) is 13.8 Å². The largest absolute Gasteiger partial charge is 2.00 e. The second kappa shape index (κ2) is 31.7. The molecule has 0 rings (SSSR count). The van der Waals surface area contributed by atoms with Crippen LogP contribution in [0.15, 0.2) is 0 Å². The van der Waals surface area contributed by atoms with Gasteiger partial charge in [0.25, 0.3) is 0 Å². The zero-order valence-corrected chi connectivity index (χ0v) is 23.9. The first-order chi connectivity index (χ1) is 14.6. The van der Waals surface area contributed by atoms with Crippen LogP contribution in [0.2, 0.25) is 0 Å². The van der Waals surface area contributed by atoms with E-state index in [4.69, 9.17) is 9.47 Å². The first kappa shape index (κ1) is 35.2. The Morgan fingerprint density at radius 3 is 1.03 bits per heavy atom. The fourth-order valence-corrected chi connectivity index (χ4v) is 3.13. The maximum atomic E-state index is 11.0. The van der Waals surface area contributed by atoms with Crippen LogP contribution in [-0.2, 0) is 38.5 Å². The summed E-state index contributed by atoms with van der Waals surface area (Å²) in [5.41, 5.74) is 0. The number of unbranched alkanes of at least 4 members (excludes halogenated alkanes) is 14. The van der Waals surface area contributed by atoms with Gasteiger partial charge in [-0.15, -0.1) is 0 Å². The minimum atomic E-state index is -0.0467. The Kier molecular flexibility index (Phi) is 36.0. The van der Waals surface area contributed by atoms with Gasteiger partial charge in [-0.2, -0.15) is 12.8 Å². The van der Waals surface area contributed by atoms with E-state index in [9.17, 15) is 9.59 Å². The van der Waals surface area contributed by atoms with Crippen molar-refractivity contribution in [3.63, 3.8) is 0 Å². The molecule has 0 unspecified atom stereocenters. The molecule has 4 nitrogen and oxygen atoms in total. The molecule has 0 aromatic carbocycles. The third kappa shape index (κ3) is 34.4. The monoisotopic (exact) mass is 490 g/mol. The van der Waals surface area contributed by atoms with Gasteiger partial charge in [-0.25, -0.2) is 0 Å². The van der Waals surface area contributed by atoms with E-state index in [1.807, 2.05) is 13.8 Å². The van der Waals surface area contributed by atoms with Crippen LogP contribution in [0.1, 0.15) is 129 Å². The Bertz CT molecular complexity index is 327. The van der Waals surface area contributed by atoms with Crippen LogP contribution in [0.3, 0.4) is 0 Å². The second-order valence-corrected chi connectivity index (χ2v) is 7.77. The van der Waals surface area contributed by atoms with Crippen LogP contribution in [0, 0.1) is 13.8 Å². The Morgan fingerprint density at radius 1 is 0.516 bits per heavy atom. The summed E-state index contributed by atoms with van der Waals surface area (Å²) in [6.07, 6.45) is 20.4. The summed E-state index contributed by atoms with van der Waals surface area (Å²) in [6, 6.07) is 0. The molecule has 0 radical (unpaired) electrons. The molecule has 0 spiro atoms. The standard InChI is InChI=1S/2C13H25O2.Zn/c2*1-3-5-6-7-8-9-10-11-12-13(14)15-4-2;/h2*1,3-12H2,2H3;/q2*-1;+2. The van der Waals surface area contributed by atoms with Gasteiger partial charge in [-0.05, 0) is 26.7 Å². The summed E-state index contributed by atoms with van der Waals surface area (Å²) in [4.78, 5) is 22.0. The van der Waals surface area contributed by atoms with Crippen molar-refractivity contribution in [2.75, 3.05) is 13.2 Å². The number of esters is 2. The minimum absolute atomic E-state index is 0. The van der Waals surface area contributed by atoms with Gasteiger partial charge < -0.3 is 23.3 Å². The molecule has 0 aromatic rings. The SMILES string of the molecule is [CH2-]CCCCCCCCCC(=O)OCC.[CH2-]CCCCCCCCCC(=O)OCC.[Zn+2]. The molecular formula is C26H50O4Zn. The van der Waals surface area contributed by atoms with Gasteiger partial charge >= 0.3 is 31.4 Å². The van der Waals surface area contributed by atoms with Crippen LogP contribution in [-0.4, -0.2) is 25.2 Å². The quantitative estimate of drug-likeness (QED) is 0.0754. The molecule has 0 N–H and O–H groups in total. The van der Waals surface area contributed by atoms with Crippen molar-refractivity contribution in [1.29, 1.82) is 0 Å². The number of hydrogen-bond acceptors (Lipinski definition) is 4. The Morgan fingerprint density at radius 2 is 0.774 bits per heavy atom. The molecule has 5 heteroatoms. The summed E-state index contributed by atoms with van der Waals surface area (Å²) in [7, 11) is 0. The van der Waals surface area contributed by atoms with E-state index in [-0.39, 0.29) is 31.4 Å². The third-order valence-electron chi connectivity index (χ3n) is 4.87. The van der Waals surface area contributed by atoms with Crippen molar-refractivity contribution < 1.29 is 38.5 Å². The number of carbonyl (C=O) groups is 2. The molecule has 0 atom stereocenters. The van der Waals surface area contributed by atoms with Gasteiger partial charge in [0.05, 0.1) is 13.2 Å². The molecule has 0 aliphatic carbocycles. The topological polar surface area (TPSA) is 52.6 Å². The van der Waals surface area contributed by atoms with Crippen LogP contribution in [0.5, 0.6) is 0 Å². The van der Waals surface area contributed by atoms with Gasteiger partial charge in [0.1, 0.15) is 0 Å². The molecule has 0 aliphatic heterocycles. The summed E-state index contributed by atoms with van der Waals surface area (Å²) in [5.74, 6) is -0.0934. The van der Waals surface area contributed by atoms with E-state index < -0.39 is 0 Å². The van der Waals surface area contributed by atoms with Crippen LogP contribution in [0.25, 0.3) is 0 Å². The average molecular weight is 492 g/mol. The first-order valence-corrected chi connectivity index (χ1v) is 12.5. The fraction of sp³-hybridized carbons (Fsp3) is 0.846. The Balaban J connectivity index is -0.000000490. The molecule has 0 saturated carbocycles. The predicted octanol–water partition coefficient (Wildman–Crippen LogP) is 7.79. The molecule has 180 valence electrons. The second-order valence-electron chi connectivity index (χ2n) is 7.77. The normalized spacial score (nSPS) is 9.94. The molecule has 31 heavy (non-hydrogen) atoms. The van der Waals surface area contributed by atoms with E-state index in [1.165, 1.54) is 64.2 Å². The van der Waals surface area contributed by atoms with Gasteiger partial charge in [-0.1, -0.05) is 77.0 Å². The zero-order chi connectivity index (χ0) is 22.7. The van der Waals surface area contributed by atoms with Gasteiger partial charge in [0.15, 0.2) is 0 Å². The summed E-state index contributed by atoms with van der Waals surface area (Å²) < 4.78 is 9.71. The van der Waals surface area contributed by atoms with Crippen molar-refractivity contribution >= 4 is 11.9 Å². The van der Waals surface area contributed by atoms with Crippen molar-refractivity contribution in [2.24, 2.45) is 0 Å². The predicted molar refractivity (Wildman–Crippen MR) is 127 cm³/mol. The molecule has 0 heterocycles. The number of ether oxygens (including phenoxy) is 2. The minimum Gasteiger partial charge on any atom is -0.466 e. The maximum absolute atomic E-state index is 11.0. The fourth-order valence-electron chi connectivity index (χ4n) is 3.13. The van der Waals surface area contributed by atoms with Gasteiger partial charge in [0.2, 0.25) is 0 Å². The van der Waals surface area contributed by atoms with Crippen molar-refractivity contribution in [3.05, 3.63) is 13.8 Å². The molecular weight excluding hydrogens is 442 g/mol. The third-order valence-corrected chi connectivity index (χ3v) is 4.87. The first-order valence-electron chi connectivity index (χ1n) is 12.5. The Hall–Kier alpha value is -0.437. The average Bonchev–Trinajstić information content (AvgIpc) is 2.73. The van der Waals surface area contributed by atoms with Crippen molar-refractivity contribution in [1.82, 2.24) is 0 Å². The summed E-state index contributed by atoms with van der Waals surface area (Å²) in [5, 5.41) is 0. The molecule has 0 aromatic heterocycles. The molecule has 0 bridgehead atoms. The van der Waals surface area contributed by atoms with E-state index in [0.717, 1.165) is 38.5 Å². The summed E-state index contributed by atoms with van der Waals surface area (Å²) in [6.45, 7) is 12.3. The van der Waals surface area contributed by atoms with Gasteiger partial charge in [0, 0.05) is 12.8 Å². The number of hydrogen-bond donors (Lipinski definition) is 0. The summed E-state index contributed by atoms with van der Waals surface area (Å²) >= 11 is 0. The van der Waals surface area contributed by atoms with Crippen molar-refractivity contribution in [3.8, 4) is 0 Å². The van der Waals surface area contributed by atoms with Crippen LogP contribution >= 0.6 is 0 Å². The molecule has 0 fully saturated rings. The number of rotatable bonds is 20. The van der Waals surface area contributed by atoms with Crippen molar-refractivity contribution in [2.45, 2.75) is 129 Å². The molecule has 0 saturated heterocycles. The molecule has 0 amide bonds.